The van der Waals surface area contributed by atoms with Gasteiger partial charge in [0.15, 0.2) is 0 Å². The van der Waals surface area contributed by atoms with Gasteiger partial charge in [0, 0.05) is 32.1 Å². The molecule has 0 aliphatic heterocycles. The number of halogens is 1. The number of aromatic nitrogens is 2. The number of fused-ring (bicyclic) bond motifs is 1. The molecule has 8 heteroatoms. The molecule has 0 saturated carbocycles. The number of hydrogen-bond acceptors (Lipinski definition) is 5. The molecule has 2 heterocycles. The van der Waals surface area contributed by atoms with Crippen LogP contribution in [0, 0.1) is 6.92 Å². The van der Waals surface area contributed by atoms with Gasteiger partial charge in [-0.15, -0.1) is 0 Å². The lowest BCUT2D eigenvalue weighted by molar-refractivity contribution is -0.0982. The highest BCUT2D eigenvalue weighted by atomic mass is 35.5. The van der Waals surface area contributed by atoms with Crippen molar-refractivity contribution in [3.05, 3.63) is 77.7 Å². The number of nitrogens with zero attached hydrogens (tertiary/aromatic N) is 2. The maximum absolute atomic E-state index is 10.8. The fraction of sp³-hybridized carbons (Fsp3) is 0.269. The molecule has 0 bridgehead atoms. The second kappa shape index (κ2) is 9.40. The molecule has 2 N–H and O–H groups in total. The summed E-state index contributed by atoms with van der Waals surface area (Å²) in [6.07, 6.45) is 3.59. The van der Waals surface area contributed by atoms with Crippen molar-refractivity contribution < 1.29 is 14.8 Å². The standard InChI is InChI=1S/C26H28BClN2O3S/c1-17-24(22-12-11-19(28)15-23(22)30(17)20-9-7-13-29-16-20)34-21-10-6-8-18(14-21)27(32)33-26(4,5)25(2,3)31/h6-16,31-32H,1-5H3. The zero-order valence-corrected chi connectivity index (χ0v) is 21.5. The molecule has 0 radical (unpaired) electrons. The first kappa shape index (κ1) is 24.8. The van der Waals surface area contributed by atoms with Gasteiger partial charge in [-0.25, -0.2) is 0 Å². The summed E-state index contributed by atoms with van der Waals surface area (Å²) in [5.41, 5.74) is 1.60. The van der Waals surface area contributed by atoms with Gasteiger partial charge in [0.1, 0.15) is 0 Å². The summed E-state index contributed by atoms with van der Waals surface area (Å²) in [4.78, 5) is 6.34. The first-order valence-corrected chi connectivity index (χ1v) is 12.2. The van der Waals surface area contributed by atoms with Crippen LogP contribution in [0.25, 0.3) is 16.6 Å². The molecule has 4 rings (SSSR count). The summed E-state index contributed by atoms with van der Waals surface area (Å²) in [6, 6.07) is 17.5. The number of hydrogen-bond donors (Lipinski definition) is 2. The normalized spacial score (nSPS) is 12.4. The molecule has 0 fully saturated rings. The Morgan fingerprint density at radius 3 is 2.50 bits per heavy atom. The first-order chi connectivity index (χ1) is 16.0. The van der Waals surface area contributed by atoms with E-state index in [9.17, 15) is 10.1 Å². The zero-order valence-electron chi connectivity index (χ0n) is 19.9. The van der Waals surface area contributed by atoms with E-state index < -0.39 is 18.3 Å². The van der Waals surface area contributed by atoms with Crippen LogP contribution in [-0.2, 0) is 4.65 Å². The Morgan fingerprint density at radius 1 is 1.06 bits per heavy atom. The Bertz CT molecular complexity index is 1320. The second-order valence-corrected chi connectivity index (χ2v) is 10.9. The molecule has 0 saturated heterocycles. The maximum atomic E-state index is 10.8. The van der Waals surface area contributed by atoms with Gasteiger partial charge in [0.25, 0.3) is 0 Å². The smallest absolute Gasteiger partial charge is 0.423 e. The van der Waals surface area contributed by atoms with E-state index >= 15 is 0 Å². The molecule has 2 aromatic carbocycles. The number of benzene rings is 2. The van der Waals surface area contributed by atoms with E-state index in [0.29, 0.717) is 10.5 Å². The van der Waals surface area contributed by atoms with Crippen molar-refractivity contribution in [2.75, 3.05) is 0 Å². The van der Waals surface area contributed by atoms with E-state index in [1.807, 2.05) is 60.8 Å². The Hall–Kier alpha value is -2.29. The third-order valence-electron chi connectivity index (χ3n) is 6.26. The SMILES string of the molecule is Cc1c(Sc2cccc(B(O)OC(C)(C)C(C)(C)O)c2)c2ccc(Cl)cc2n1-c1cccnc1. The molecular weight excluding hydrogens is 467 g/mol. The molecule has 0 spiro atoms. The average molecular weight is 495 g/mol. The van der Waals surface area contributed by atoms with Gasteiger partial charge in [-0.2, -0.15) is 0 Å². The third kappa shape index (κ3) is 4.90. The Kier molecular flexibility index (Phi) is 6.86. The van der Waals surface area contributed by atoms with E-state index in [0.717, 1.165) is 32.1 Å². The first-order valence-electron chi connectivity index (χ1n) is 11.0. The topological polar surface area (TPSA) is 67.5 Å². The summed E-state index contributed by atoms with van der Waals surface area (Å²) >= 11 is 7.96. The van der Waals surface area contributed by atoms with Gasteiger partial charge >= 0.3 is 7.12 Å². The minimum absolute atomic E-state index is 0.624. The van der Waals surface area contributed by atoms with E-state index in [1.165, 1.54) is 0 Å². The highest BCUT2D eigenvalue weighted by Gasteiger charge is 2.39. The lowest BCUT2D eigenvalue weighted by Gasteiger charge is -2.38. The number of aliphatic hydroxyl groups is 1. The summed E-state index contributed by atoms with van der Waals surface area (Å²) in [6.45, 7) is 8.93. The Morgan fingerprint density at radius 2 is 1.82 bits per heavy atom. The van der Waals surface area contributed by atoms with Crippen molar-refractivity contribution in [1.29, 1.82) is 0 Å². The minimum atomic E-state index is -1.17. The predicted molar refractivity (Wildman–Crippen MR) is 140 cm³/mol. The molecule has 176 valence electrons. The lowest BCUT2D eigenvalue weighted by Crippen LogP contribution is -2.53. The van der Waals surface area contributed by atoms with Crippen molar-refractivity contribution >= 4 is 46.8 Å². The molecule has 0 unspecified atom stereocenters. The molecule has 0 amide bonds. The monoisotopic (exact) mass is 494 g/mol. The highest BCUT2D eigenvalue weighted by Crippen LogP contribution is 2.40. The van der Waals surface area contributed by atoms with Crippen LogP contribution in [0.5, 0.6) is 0 Å². The number of pyridine rings is 1. The zero-order chi connectivity index (χ0) is 24.7. The number of rotatable bonds is 7. The molecular formula is C26H28BClN2O3S. The average Bonchev–Trinajstić information content (AvgIpc) is 3.04. The van der Waals surface area contributed by atoms with Crippen molar-refractivity contribution in [2.24, 2.45) is 0 Å². The third-order valence-corrected chi connectivity index (χ3v) is 7.70. The Labute approximate surface area is 209 Å². The van der Waals surface area contributed by atoms with Crippen molar-refractivity contribution in [2.45, 2.75) is 55.6 Å². The van der Waals surface area contributed by atoms with Crippen molar-refractivity contribution in [3.8, 4) is 5.69 Å². The fourth-order valence-electron chi connectivity index (χ4n) is 3.65. The maximum Gasteiger partial charge on any atom is 0.491 e. The molecule has 4 aromatic rings. The predicted octanol–water partition coefficient (Wildman–Crippen LogP) is 5.39. The van der Waals surface area contributed by atoms with Gasteiger partial charge < -0.3 is 19.4 Å². The van der Waals surface area contributed by atoms with Crippen LogP contribution < -0.4 is 5.46 Å². The van der Waals surface area contributed by atoms with Crippen LogP contribution in [0.4, 0.5) is 0 Å². The molecule has 34 heavy (non-hydrogen) atoms. The van der Waals surface area contributed by atoms with Crippen LogP contribution >= 0.6 is 23.4 Å². The summed E-state index contributed by atoms with van der Waals surface area (Å²) in [5.74, 6) is 0. The lowest BCUT2D eigenvalue weighted by atomic mass is 9.76. The van der Waals surface area contributed by atoms with Crippen LogP contribution in [0.15, 0.2) is 76.8 Å². The largest absolute Gasteiger partial charge is 0.491 e. The minimum Gasteiger partial charge on any atom is -0.423 e. The summed E-state index contributed by atoms with van der Waals surface area (Å²) in [7, 11) is -1.17. The summed E-state index contributed by atoms with van der Waals surface area (Å²) in [5, 5.41) is 22.9. The van der Waals surface area contributed by atoms with Crippen LogP contribution in [0.1, 0.15) is 33.4 Å². The van der Waals surface area contributed by atoms with Gasteiger partial charge in [-0.3, -0.25) is 4.98 Å². The molecule has 0 aliphatic carbocycles. The van der Waals surface area contributed by atoms with E-state index in [1.54, 1.807) is 45.7 Å². The van der Waals surface area contributed by atoms with E-state index in [-0.39, 0.29) is 0 Å². The highest BCUT2D eigenvalue weighted by molar-refractivity contribution is 7.99. The van der Waals surface area contributed by atoms with Crippen LogP contribution in [0.3, 0.4) is 0 Å². The van der Waals surface area contributed by atoms with Gasteiger partial charge in [0.2, 0.25) is 0 Å². The summed E-state index contributed by atoms with van der Waals surface area (Å²) < 4.78 is 7.99. The molecule has 0 aliphatic rings. The van der Waals surface area contributed by atoms with Crippen LogP contribution in [-0.4, -0.2) is 38.0 Å². The van der Waals surface area contributed by atoms with Crippen molar-refractivity contribution in [1.82, 2.24) is 9.55 Å². The van der Waals surface area contributed by atoms with Crippen LogP contribution in [0.2, 0.25) is 5.02 Å². The van der Waals surface area contributed by atoms with E-state index in [4.69, 9.17) is 16.3 Å². The second-order valence-electron chi connectivity index (χ2n) is 9.34. The quantitative estimate of drug-likeness (QED) is 0.337. The Balaban J connectivity index is 1.71. The fourth-order valence-corrected chi connectivity index (χ4v) is 4.91. The molecule has 2 aromatic heterocycles. The molecule has 5 nitrogen and oxygen atoms in total. The van der Waals surface area contributed by atoms with Gasteiger partial charge in [-0.1, -0.05) is 41.6 Å². The van der Waals surface area contributed by atoms with Gasteiger partial charge in [-0.05, 0) is 76.5 Å². The van der Waals surface area contributed by atoms with E-state index in [2.05, 4.69) is 16.5 Å². The van der Waals surface area contributed by atoms with Crippen molar-refractivity contribution in [3.63, 3.8) is 0 Å². The van der Waals surface area contributed by atoms with Gasteiger partial charge in [0.05, 0.1) is 28.6 Å². The molecule has 0 atom stereocenters.